The number of para-hydroxylation sites is 2. The lowest BCUT2D eigenvalue weighted by molar-refractivity contribution is 1.13. The van der Waals surface area contributed by atoms with E-state index < -0.39 is 0 Å². The Morgan fingerprint density at radius 1 is 0.519 bits per heavy atom. The fourth-order valence-corrected chi connectivity index (χ4v) is 7.75. The number of fused-ring (bicyclic) bond motifs is 7. The maximum atomic E-state index is 9.32. The van der Waals surface area contributed by atoms with Crippen molar-refractivity contribution in [3.8, 4) is 16.8 Å². The van der Waals surface area contributed by atoms with E-state index in [1.165, 1.54) is 43.3 Å². The van der Waals surface area contributed by atoms with Gasteiger partial charge in [-0.25, -0.2) is 4.99 Å². The summed E-state index contributed by atoms with van der Waals surface area (Å²) >= 11 is 0. The van der Waals surface area contributed by atoms with E-state index in [9.17, 15) is 5.41 Å². The molecule has 0 amide bonds. The third-order valence-corrected chi connectivity index (χ3v) is 10.3. The van der Waals surface area contributed by atoms with Crippen molar-refractivity contribution in [3.05, 3.63) is 193 Å². The van der Waals surface area contributed by atoms with Gasteiger partial charge in [0, 0.05) is 39.2 Å². The summed E-state index contributed by atoms with van der Waals surface area (Å²) in [4.78, 5) is 5.11. The molecule has 0 aliphatic rings. The number of rotatable bonds is 6. The molecule has 10 aromatic rings. The Kier molecular flexibility index (Phi) is 6.93. The highest BCUT2D eigenvalue weighted by Gasteiger charge is 2.16. The molecule has 244 valence electrons. The monoisotopic (exact) mass is 664 g/mol. The van der Waals surface area contributed by atoms with Gasteiger partial charge in [-0.3, -0.25) is 9.98 Å². The third kappa shape index (κ3) is 4.84. The number of aromatic nitrogens is 2. The van der Waals surface area contributed by atoms with Crippen LogP contribution >= 0.6 is 0 Å². The highest BCUT2D eigenvalue weighted by Crippen LogP contribution is 2.38. The van der Waals surface area contributed by atoms with Crippen molar-refractivity contribution in [1.29, 1.82) is 5.41 Å². The largest absolute Gasteiger partial charge is 0.316 e. The van der Waals surface area contributed by atoms with Crippen LogP contribution in [-0.2, 0) is 0 Å². The van der Waals surface area contributed by atoms with Gasteiger partial charge in [0.05, 0.1) is 27.9 Å². The maximum absolute atomic E-state index is 9.32. The summed E-state index contributed by atoms with van der Waals surface area (Å²) in [6.07, 6.45) is 4.07. The van der Waals surface area contributed by atoms with Crippen LogP contribution in [0, 0.1) is 5.41 Å². The molecule has 0 spiro atoms. The van der Waals surface area contributed by atoms with E-state index in [2.05, 4.69) is 149 Å². The molecular formula is C48H32N4. The van der Waals surface area contributed by atoms with Crippen molar-refractivity contribution < 1.29 is 0 Å². The molecule has 10 rings (SSSR count). The first-order chi connectivity index (χ1) is 25.7. The number of aliphatic imine (C=N–C) groups is 1. The van der Waals surface area contributed by atoms with Crippen molar-refractivity contribution in [2.45, 2.75) is 0 Å². The first-order valence-corrected chi connectivity index (χ1v) is 17.5. The molecule has 52 heavy (non-hydrogen) atoms. The summed E-state index contributed by atoms with van der Waals surface area (Å²) in [7, 11) is 0. The number of benzene rings is 8. The highest BCUT2D eigenvalue weighted by atomic mass is 15.0. The average molecular weight is 665 g/mol. The second-order valence-electron chi connectivity index (χ2n) is 13.2. The van der Waals surface area contributed by atoms with E-state index in [1.807, 2.05) is 48.8 Å². The smallest absolute Gasteiger partial charge is 0.100 e. The molecule has 0 aliphatic carbocycles. The molecular weight excluding hydrogens is 633 g/mol. The topological polar surface area (TPSA) is 46.1 Å². The van der Waals surface area contributed by atoms with E-state index in [1.54, 1.807) is 0 Å². The van der Waals surface area contributed by atoms with Crippen LogP contribution < -0.4 is 0 Å². The predicted molar refractivity (Wildman–Crippen MR) is 219 cm³/mol. The van der Waals surface area contributed by atoms with Gasteiger partial charge in [0.25, 0.3) is 0 Å². The van der Waals surface area contributed by atoms with Crippen molar-refractivity contribution in [2.24, 2.45) is 4.99 Å². The highest BCUT2D eigenvalue weighted by molar-refractivity contribution is 6.24. The molecule has 1 N–H and O–H groups in total. The van der Waals surface area contributed by atoms with Gasteiger partial charge in [-0.1, -0.05) is 133 Å². The maximum Gasteiger partial charge on any atom is 0.100 e. The minimum absolute atomic E-state index is 0.438. The van der Waals surface area contributed by atoms with E-state index >= 15 is 0 Å². The zero-order valence-corrected chi connectivity index (χ0v) is 28.2. The number of nitrogens with zero attached hydrogens (tertiary/aromatic N) is 3. The van der Waals surface area contributed by atoms with Gasteiger partial charge in [0.15, 0.2) is 0 Å². The van der Waals surface area contributed by atoms with Gasteiger partial charge >= 0.3 is 0 Å². The summed E-state index contributed by atoms with van der Waals surface area (Å²) in [5, 5.41) is 17.8. The van der Waals surface area contributed by atoms with Crippen LogP contribution in [-0.4, -0.2) is 21.2 Å². The molecule has 4 heteroatoms. The number of hydrogen-bond acceptors (Lipinski definition) is 2. The number of hydrogen-bond donors (Lipinski definition) is 1. The van der Waals surface area contributed by atoms with Crippen LogP contribution in [0.5, 0.6) is 0 Å². The van der Waals surface area contributed by atoms with Crippen LogP contribution in [0.25, 0.3) is 71.1 Å². The molecule has 4 nitrogen and oxygen atoms in total. The van der Waals surface area contributed by atoms with Crippen LogP contribution in [0.3, 0.4) is 0 Å². The fraction of sp³-hybridized carbons (Fsp3) is 0. The first-order valence-electron chi connectivity index (χ1n) is 17.5. The van der Waals surface area contributed by atoms with E-state index in [4.69, 9.17) is 4.99 Å². The quantitative estimate of drug-likeness (QED) is 0.136. The summed E-state index contributed by atoms with van der Waals surface area (Å²) in [5.41, 5.74) is 9.55. The molecule has 0 fully saturated rings. The summed E-state index contributed by atoms with van der Waals surface area (Å²) in [5.74, 6) is 0. The lowest BCUT2D eigenvalue weighted by Gasteiger charge is -2.11. The Hall–Kier alpha value is -7.04. The van der Waals surface area contributed by atoms with Gasteiger partial charge in [0.2, 0.25) is 0 Å². The zero-order valence-electron chi connectivity index (χ0n) is 28.2. The summed E-state index contributed by atoms with van der Waals surface area (Å²) in [6, 6.07) is 61.4. The molecule has 0 radical (unpaired) electrons. The van der Waals surface area contributed by atoms with Crippen molar-refractivity contribution in [1.82, 2.24) is 9.13 Å². The van der Waals surface area contributed by atoms with Crippen LogP contribution in [0.1, 0.15) is 11.1 Å². The minimum Gasteiger partial charge on any atom is -0.316 e. The van der Waals surface area contributed by atoms with Crippen LogP contribution in [0.15, 0.2) is 187 Å². The molecule has 0 unspecified atom stereocenters. The van der Waals surface area contributed by atoms with Crippen molar-refractivity contribution in [2.75, 3.05) is 0 Å². The second kappa shape index (κ2) is 12.1. The lowest BCUT2D eigenvalue weighted by atomic mass is 9.95. The molecule has 8 aromatic carbocycles. The van der Waals surface area contributed by atoms with Crippen LogP contribution in [0.4, 0.5) is 5.69 Å². The molecule has 0 bridgehead atoms. The Bertz CT molecular complexity index is 3010. The summed E-state index contributed by atoms with van der Waals surface area (Å²) in [6.45, 7) is 0. The Morgan fingerprint density at radius 2 is 1.23 bits per heavy atom. The second-order valence-corrected chi connectivity index (χ2v) is 13.2. The van der Waals surface area contributed by atoms with E-state index in [0.29, 0.717) is 5.71 Å². The molecule has 0 atom stereocenters. The molecule has 2 aromatic heterocycles. The first kappa shape index (κ1) is 29.8. The van der Waals surface area contributed by atoms with Gasteiger partial charge < -0.3 is 4.57 Å². The summed E-state index contributed by atoms with van der Waals surface area (Å²) < 4.78 is 4.45. The predicted octanol–water partition coefficient (Wildman–Crippen LogP) is 12.3. The average Bonchev–Trinajstić information content (AvgIpc) is 3.77. The minimum atomic E-state index is 0.438. The van der Waals surface area contributed by atoms with Gasteiger partial charge in [-0.2, -0.15) is 0 Å². The molecule has 2 heterocycles. The lowest BCUT2D eigenvalue weighted by Crippen LogP contribution is -2.02. The fourth-order valence-electron chi connectivity index (χ4n) is 7.75. The van der Waals surface area contributed by atoms with Crippen LogP contribution in [0.2, 0.25) is 0 Å². The molecule has 0 saturated heterocycles. The van der Waals surface area contributed by atoms with Crippen molar-refractivity contribution in [3.63, 3.8) is 0 Å². The number of nitrogens with one attached hydrogen (secondary N) is 1. The van der Waals surface area contributed by atoms with Crippen molar-refractivity contribution >= 4 is 72.0 Å². The molecule has 0 saturated carbocycles. The van der Waals surface area contributed by atoms with E-state index in [-0.39, 0.29) is 0 Å². The Morgan fingerprint density at radius 3 is 2.08 bits per heavy atom. The Labute approximate surface area is 300 Å². The zero-order chi connectivity index (χ0) is 34.6. The van der Waals surface area contributed by atoms with Gasteiger partial charge in [-0.05, 0) is 75.1 Å². The molecule has 0 aliphatic heterocycles. The van der Waals surface area contributed by atoms with E-state index in [0.717, 1.165) is 44.6 Å². The SMILES string of the molecule is N=C(c1ccc(-c2cccc3ccccc23)cc1)c1ccccc1/N=C/n1c2cc3c(ccn3-c3ccccc3)cc2c2c3ccccc3ccc21. The van der Waals surface area contributed by atoms with Gasteiger partial charge in [-0.15, -0.1) is 0 Å². The van der Waals surface area contributed by atoms with Gasteiger partial charge in [0.1, 0.15) is 6.34 Å². The third-order valence-electron chi connectivity index (χ3n) is 10.3. The standard InChI is InChI=1S/C48H32N4/c49-48(35-23-21-34(22-24-35)39-19-10-13-32-11-4-6-16-38(32)39)41-18-8-9-20-43(41)50-31-52-44-26-25-33-12-5-7-17-40(33)47(44)42-29-36-27-28-51(45(36)30-46(42)52)37-14-2-1-3-15-37/h1-31,49H/b49-48?,50-31+. The normalized spacial score (nSPS) is 11.8. The Balaban J connectivity index is 1.08.